The van der Waals surface area contributed by atoms with E-state index >= 15 is 0 Å². The van der Waals surface area contributed by atoms with Crippen LogP contribution in [0.1, 0.15) is 28.8 Å². The lowest BCUT2D eigenvalue weighted by atomic mass is 9.90. The fourth-order valence-electron chi connectivity index (χ4n) is 2.51. The van der Waals surface area contributed by atoms with Crippen LogP contribution < -0.4 is 10.1 Å². The normalized spacial score (nSPS) is 13.4. The summed E-state index contributed by atoms with van der Waals surface area (Å²) in [5, 5.41) is 2.66. The van der Waals surface area contributed by atoms with Gasteiger partial charge in [-0.05, 0) is 31.0 Å². The van der Waals surface area contributed by atoms with E-state index in [4.69, 9.17) is 4.74 Å². The number of anilines is 1. The van der Waals surface area contributed by atoms with Crippen LogP contribution in [-0.2, 0) is 6.42 Å². The predicted molar refractivity (Wildman–Crippen MR) is 79.8 cm³/mol. The van der Waals surface area contributed by atoms with Crippen molar-refractivity contribution in [2.24, 2.45) is 0 Å². The van der Waals surface area contributed by atoms with Crippen LogP contribution in [0, 0.1) is 0 Å². The van der Waals surface area contributed by atoms with E-state index in [-0.39, 0.29) is 5.78 Å². The molecule has 0 saturated carbocycles. The molecule has 3 rings (SSSR count). The zero-order valence-corrected chi connectivity index (χ0v) is 11.5. The third-order valence-corrected chi connectivity index (χ3v) is 3.49. The van der Waals surface area contributed by atoms with Crippen molar-refractivity contribution >= 4 is 17.6 Å². The van der Waals surface area contributed by atoms with Gasteiger partial charge in [0.25, 0.3) is 0 Å². The van der Waals surface area contributed by atoms with Crippen LogP contribution in [0.4, 0.5) is 10.5 Å². The first-order valence-corrected chi connectivity index (χ1v) is 6.93. The minimum Gasteiger partial charge on any atom is -0.410 e. The highest BCUT2D eigenvalue weighted by Crippen LogP contribution is 2.29. The summed E-state index contributed by atoms with van der Waals surface area (Å²) in [5.74, 6) is 0.583. The maximum atomic E-state index is 11.9. The molecule has 0 saturated heterocycles. The first-order valence-electron chi connectivity index (χ1n) is 6.93. The molecule has 1 amide bonds. The van der Waals surface area contributed by atoms with Crippen molar-refractivity contribution in [3.8, 4) is 5.75 Å². The Labute approximate surface area is 122 Å². The smallest absolute Gasteiger partial charge is 0.410 e. The molecule has 1 aliphatic carbocycles. The highest BCUT2D eigenvalue weighted by atomic mass is 16.6. The Kier molecular flexibility index (Phi) is 3.69. The monoisotopic (exact) mass is 281 g/mol. The molecule has 0 spiro atoms. The molecule has 1 aliphatic rings. The van der Waals surface area contributed by atoms with Gasteiger partial charge < -0.3 is 4.74 Å². The second-order valence-electron chi connectivity index (χ2n) is 4.94. The zero-order valence-electron chi connectivity index (χ0n) is 11.5. The van der Waals surface area contributed by atoms with Crippen molar-refractivity contribution in [1.29, 1.82) is 0 Å². The van der Waals surface area contributed by atoms with Gasteiger partial charge >= 0.3 is 6.09 Å². The highest BCUT2D eigenvalue weighted by Gasteiger charge is 2.21. The van der Waals surface area contributed by atoms with Crippen molar-refractivity contribution in [3.63, 3.8) is 0 Å². The van der Waals surface area contributed by atoms with Crippen LogP contribution >= 0.6 is 0 Å². The molecule has 1 N–H and O–H groups in total. The maximum Gasteiger partial charge on any atom is 0.417 e. The van der Waals surface area contributed by atoms with Crippen LogP contribution in [0.5, 0.6) is 5.75 Å². The third-order valence-electron chi connectivity index (χ3n) is 3.49. The van der Waals surface area contributed by atoms with Gasteiger partial charge in [-0.15, -0.1) is 0 Å². The van der Waals surface area contributed by atoms with Gasteiger partial charge in [0.2, 0.25) is 0 Å². The molecule has 0 aromatic heterocycles. The maximum absolute atomic E-state index is 11.9. The number of carbonyl (C=O) groups is 2. The molecular weight excluding hydrogens is 266 g/mol. The van der Waals surface area contributed by atoms with Crippen LogP contribution in [0.25, 0.3) is 0 Å². The summed E-state index contributed by atoms with van der Waals surface area (Å²) in [6.45, 7) is 0. The van der Waals surface area contributed by atoms with Crippen molar-refractivity contribution in [2.75, 3.05) is 5.32 Å². The minimum absolute atomic E-state index is 0.116. The number of fused-ring (bicyclic) bond motifs is 1. The quantitative estimate of drug-likeness (QED) is 0.910. The number of nitrogens with one attached hydrogen (secondary N) is 1. The highest BCUT2D eigenvalue weighted by molar-refractivity contribution is 5.99. The molecule has 0 atom stereocenters. The summed E-state index contributed by atoms with van der Waals surface area (Å²) >= 11 is 0. The summed E-state index contributed by atoms with van der Waals surface area (Å²) in [5.41, 5.74) is 2.17. The molecule has 2 aromatic carbocycles. The molecular formula is C17H15NO3. The van der Waals surface area contributed by atoms with E-state index < -0.39 is 6.09 Å². The Bertz CT molecular complexity index is 680. The third kappa shape index (κ3) is 2.94. The number of hydrogen-bond acceptors (Lipinski definition) is 3. The first-order chi connectivity index (χ1) is 10.2. The van der Waals surface area contributed by atoms with Crippen molar-refractivity contribution < 1.29 is 14.3 Å². The Morgan fingerprint density at radius 1 is 1.00 bits per heavy atom. The fourth-order valence-corrected chi connectivity index (χ4v) is 2.51. The van der Waals surface area contributed by atoms with Gasteiger partial charge in [-0.2, -0.15) is 0 Å². The molecule has 4 heteroatoms. The van der Waals surface area contributed by atoms with E-state index in [1.165, 1.54) is 0 Å². The molecule has 0 bridgehead atoms. The second-order valence-corrected chi connectivity index (χ2v) is 4.94. The molecule has 0 heterocycles. The summed E-state index contributed by atoms with van der Waals surface area (Å²) in [6.07, 6.45) is 1.57. The van der Waals surface area contributed by atoms with E-state index in [1.807, 2.05) is 18.2 Å². The Morgan fingerprint density at radius 2 is 1.81 bits per heavy atom. The topological polar surface area (TPSA) is 55.4 Å². The van der Waals surface area contributed by atoms with E-state index in [0.29, 0.717) is 23.4 Å². The van der Waals surface area contributed by atoms with Gasteiger partial charge in [-0.25, -0.2) is 4.79 Å². The van der Waals surface area contributed by atoms with Crippen LogP contribution in [0.2, 0.25) is 0 Å². The molecule has 0 fully saturated rings. The molecule has 4 nitrogen and oxygen atoms in total. The Balaban J connectivity index is 1.78. The van der Waals surface area contributed by atoms with E-state index in [1.54, 1.807) is 30.3 Å². The number of ether oxygens (including phenoxy) is 1. The average Bonchev–Trinajstić information content (AvgIpc) is 2.49. The SMILES string of the molecule is O=C(Nc1ccccc1)Oc1cccc2c1CCCC2=O. The predicted octanol–water partition coefficient (Wildman–Crippen LogP) is 3.82. The Hall–Kier alpha value is -2.62. The van der Waals surface area contributed by atoms with Crippen molar-refractivity contribution in [2.45, 2.75) is 19.3 Å². The Morgan fingerprint density at radius 3 is 2.62 bits per heavy atom. The molecule has 0 unspecified atom stereocenters. The second kappa shape index (κ2) is 5.79. The summed E-state index contributed by atoms with van der Waals surface area (Å²) in [6, 6.07) is 14.4. The van der Waals surface area contributed by atoms with E-state index in [0.717, 1.165) is 18.4 Å². The molecule has 0 aliphatic heterocycles. The number of hydrogen-bond donors (Lipinski definition) is 1. The lowest BCUT2D eigenvalue weighted by Gasteiger charge is -2.17. The lowest BCUT2D eigenvalue weighted by molar-refractivity contribution is 0.0971. The van der Waals surface area contributed by atoms with Gasteiger partial charge in [0.1, 0.15) is 5.75 Å². The number of amides is 1. The van der Waals surface area contributed by atoms with Gasteiger partial charge in [0.15, 0.2) is 5.78 Å². The molecule has 21 heavy (non-hydrogen) atoms. The largest absolute Gasteiger partial charge is 0.417 e. The number of rotatable bonds is 2. The van der Waals surface area contributed by atoms with Gasteiger partial charge in [-0.1, -0.05) is 30.3 Å². The molecule has 2 aromatic rings. The number of para-hydroxylation sites is 1. The zero-order chi connectivity index (χ0) is 14.7. The van der Waals surface area contributed by atoms with Gasteiger partial charge in [-0.3, -0.25) is 10.1 Å². The lowest BCUT2D eigenvalue weighted by Crippen LogP contribution is -2.19. The van der Waals surface area contributed by atoms with E-state index in [2.05, 4.69) is 5.32 Å². The van der Waals surface area contributed by atoms with Crippen molar-refractivity contribution in [3.05, 3.63) is 59.7 Å². The first kappa shape index (κ1) is 13.4. The summed E-state index contributed by atoms with van der Waals surface area (Å²) in [7, 11) is 0. The standard InChI is InChI=1S/C17H15NO3/c19-15-10-4-9-14-13(15)8-5-11-16(14)21-17(20)18-12-6-2-1-3-7-12/h1-3,5-8,11H,4,9-10H2,(H,18,20). The van der Waals surface area contributed by atoms with E-state index in [9.17, 15) is 9.59 Å². The summed E-state index contributed by atoms with van der Waals surface area (Å²) < 4.78 is 5.36. The molecule has 106 valence electrons. The van der Waals surface area contributed by atoms with Gasteiger partial charge in [0, 0.05) is 23.2 Å². The number of benzene rings is 2. The van der Waals surface area contributed by atoms with Gasteiger partial charge in [0.05, 0.1) is 0 Å². The number of carbonyl (C=O) groups excluding carboxylic acids is 2. The number of ketones is 1. The fraction of sp³-hybridized carbons (Fsp3) is 0.176. The minimum atomic E-state index is -0.548. The average molecular weight is 281 g/mol. The number of Topliss-reactive ketones (excluding diaryl/α,β-unsaturated/α-hetero) is 1. The van der Waals surface area contributed by atoms with Crippen LogP contribution in [0.15, 0.2) is 48.5 Å². The van der Waals surface area contributed by atoms with Crippen LogP contribution in [0.3, 0.4) is 0 Å². The van der Waals surface area contributed by atoms with Crippen molar-refractivity contribution in [1.82, 2.24) is 0 Å². The summed E-state index contributed by atoms with van der Waals surface area (Å²) in [4.78, 5) is 23.8. The van der Waals surface area contributed by atoms with Crippen LogP contribution in [-0.4, -0.2) is 11.9 Å². The molecule has 0 radical (unpaired) electrons.